The van der Waals surface area contributed by atoms with Crippen molar-refractivity contribution in [3.8, 4) is 0 Å². The number of ether oxygens (including phenoxy) is 1. The van der Waals surface area contributed by atoms with Gasteiger partial charge in [-0.1, -0.05) is 0 Å². The zero-order valence-corrected chi connectivity index (χ0v) is 14.2. The van der Waals surface area contributed by atoms with Gasteiger partial charge in [-0.3, -0.25) is 9.89 Å². The van der Waals surface area contributed by atoms with Crippen LogP contribution in [0, 0.1) is 0 Å². The number of aromatic amines is 2. The summed E-state index contributed by atoms with van der Waals surface area (Å²) in [7, 11) is 1.62. The Kier molecular flexibility index (Phi) is 7.50. The third-order valence-electron chi connectivity index (χ3n) is 3.44. The summed E-state index contributed by atoms with van der Waals surface area (Å²) in [5.41, 5.74) is 3.46. The third kappa shape index (κ3) is 4.44. The molecular formula is C13H20Cl2N6O2. The number of aromatic nitrogens is 4. The van der Waals surface area contributed by atoms with Gasteiger partial charge in [-0.2, -0.15) is 5.10 Å². The highest BCUT2D eigenvalue weighted by molar-refractivity contribution is 5.85. The molecule has 0 radical (unpaired) electrons. The minimum Gasteiger partial charge on any atom is -0.378 e. The Morgan fingerprint density at radius 1 is 1.48 bits per heavy atom. The summed E-state index contributed by atoms with van der Waals surface area (Å²) in [6.07, 6.45) is 2.49. The number of amides is 1. The minimum atomic E-state index is -0.402. The summed E-state index contributed by atoms with van der Waals surface area (Å²) in [6.45, 7) is 1.61. The molecule has 3 heterocycles. The molecule has 3 rings (SSSR count). The lowest BCUT2D eigenvalue weighted by Gasteiger charge is -2.21. The second kappa shape index (κ2) is 8.88. The summed E-state index contributed by atoms with van der Waals surface area (Å²) < 4.78 is 5.00. The number of carbonyl (C=O) groups is 1. The zero-order chi connectivity index (χ0) is 14.7. The van der Waals surface area contributed by atoms with Crippen molar-refractivity contribution in [3.05, 3.63) is 35.2 Å². The Morgan fingerprint density at radius 3 is 3.09 bits per heavy atom. The van der Waals surface area contributed by atoms with E-state index in [9.17, 15) is 4.79 Å². The summed E-state index contributed by atoms with van der Waals surface area (Å²) >= 11 is 0. The van der Waals surface area contributed by atoms with Crippen LogP contribution in [0.4, 0.5) is 0 Å². The summed E-state index contributed by atoms with van der Waals surface area (Å²) in [6, 6.07) is 1.47. The smallest absolute Gasteiger partial charge is 0.243 e. The van der Waals surface area contributed by atoms with Crippen molar-refractivity contribution in [2.45, 2.75) is 25.6 Å². The Balaban J connectivity index is 0.00000132. The predicted octanol–water partition coefficient (Wildman–Crippen LogP) is 0.626. The number of hydrogen-bond acceptors (Lipinski definition) is 5. The molecule has 2 aromatic rings. The monoisotopic (exact) mass is 362 g/mol. The molecule has 0 aliphatic carbocycles. The highest BCUT2D eigenvalue weighted by atomic mass is 35.5. The largest absolute Gasteiger partial charge is 0.378 e. The van der Waals surface area contributed by atoms with E-state index in [1.807, 2.05) is 6.07 Å². The van der Waals surface area contributed by atoms with Crippen molar-refractivity contribution in [1.29, 1.82) is 0 Å². The van der Waals surface area contributed by atoms with Crippen LogP contribution in [0.5, 0.6) is 0 Å². The number of nitrogens with zero attached hydrogens (tertiary/aromatic N) is 2. The van der Waals surface area contributed by atoms with E-state index in [4.69, 9.17) is 4.74 Å². The van der Waals surface area contributed by atoms with Crippen molar-refractivity contribution in [1.82, 2.24) is 30.8 Å². The predicted molar refractivity (Wildman–Crippen MR) is 88.7 cm³/mol. The SMILES string of the molecule is COCc1cc(CNC(=O)C2NCCc3[nH]cnc32)[nH]n1.Cl.Cl. The number of fused-ring (bicyclic) bond motifs is 1. The Labute approximate surface area is 146 Å². The van der Waals surface area contributed by atoms with Crippen LogP contribution in [-0.2, 0) is 29.1 Å². The van der Waals surface area contributed by atoms with E-state index in [0.717, 1.165) is 35.7 Å². The molecule has 10 heteroatoms. The lowest BCUT2D eigenvalue weighted by molar-refractivity contribution is -0.123. The lowest BCUT2D eigenvalue weighted by Crippen LogP contribution is -2.41. The van der Waals surface area contributed by atoms with Crippen molar-refractivity contribution in [2.75, 3.05) is 13.7 Å². The van der Waals surface area contributed by atoms with Crippen LogP contribution in [0.25, 0.3) is 0 Å². The zero-order valence-electron chi connectivity index (χ0n) is 12.6. The van der Waals surface area contributed by atoms with Crippen molar-refractivity contribution >= 4 is 30.7 Å². The van der Waals surface area contributed by atoms with Gasteiger partial charge in [-0.15, -0.1) is 24.8 Å². The lowest BCUT2D eigenvalue weighted by atomic mass is 10.1. The van der Waals surface area contributed by atoms with Crippen LogP contribution >= 0.6 is 24.8 Å². The maximum atomic E-state index is 12.3. The summed E-state index contributed by atoms with van der Waals surface area (Å²) in [5, 5.41) is 13.0. The number of halogens is 2. The van der Waals surface area contributed by atoms with Crippen LogP contribution in [0.15, 0.2) is 12.4 Å². The molecule has 8 nitrogen and oxygen atoms in total. The molecule has 1 unspecified atom stereocenters. The molecule has 0 saturated heterocycles. The van der Waals surface area contributed by atoms with E-state index >= 15 is 0 Å². The fourth-order valence-corrected chi connectivity index (χ4v) is 2.44. The first kappa shape index (κ1) is 19.4. The van der Waals surface area contributed by atoms with Gasteiger partial charge >= 0.3 is 0 Å². The number of carbonyl (C=O) groups excluding carboxylic acids is 1. The Bertz CT molecular complexity index is 630. The fourth-order valence-electron chi connectivity index (χ4n) is 2.44. The maximum Gasteiger partial charge on any atom is 0.243 e. The maximum absolute atomic E-state index is 12.3. The average Bonchev–Trinajstić information content (AvgIpc) is 3.13. The number of methoxy groups -OCH3 is 1. The van der Waals surface area contributed by atoms with Gasteiger partial charge in [0.25, 0.3) is 0 Å². The molecule has 0 aromatic carbocycles. The first-order valence-corrected chi connectivity index (χ1v) is 6.83. The highest BCUT2D eigenvalue weighted by Crippen LogP contribution is 2.19. The van der Waals surface area contributed by atoms with Gasteiger partial charge in [-0.05, 0) is 6.07 Å². The molecule has 1 amide bonds. The van der Waals surface area contributed by atoms with Gasteiger partial charge in [0.05, 0.1) is 36.6 Å². The van der Waals surface area contributed by atoms with Crippen molar-refractivity contribution in [2.24, 2.45) is 0 Å². The third-order valence-corrected chi connectivity index (χ3v) is 3.44. The minimum absolute atomic E-state index is 0. The normalized spacial score (nSPS) is 16.0. The van der Waals surface area contributed by atoms with E-state index in [0.29, 0.717) is 13.2 Å². The number of hydrogen-bond donors (Lipinski definition) is 4. The van der Waals surface area contributed by atoms with Gasteiger partial charge in [0.15, 0.2) is 0 Å². The molecule has 0 bridgehead atoms. The number of rotatable bonds is 5. The number of nitrogens with one attached hydrogen (secondary N) is 4. The summed E-state index contributed by atoms with van der Waals surface area (Å²) in [4.78, 5) is 19.6. The Hall–Kier alpha value is -1.61. The topological polar surface area (TPSA) is 108 Å². The standard InChI is InChI=1S/C13H18N6O2.2ClH/c1-21-6-9-4-8(18-19-9)5-15-13(20)12-11-10(2-3-14-12)16-7-17-11;;/h4,7,12,14H,2-3,5-6H2,1H3,(H,15,20)(H,16,17)(H,18,19);2*1H. The van der Waals surface area contributed by atoms with Gasteiger partial charge in [0, 0.05) is 25.8 Å². The molecule has 1 atom stereocenters. The molecule has 128 valence electrons. The molecule has 0 fully saturated rings. The van der Waals surface area contributed by atoms with Crippen LogP contribution in [-0.4, -0.2) is 39.7 Å². The average molecular weight is 363 g/mol. The van der Waals surface area contributed by atoms with Gasteiger partial charge in [0.2, 0.25) is 5.91 Å². The molecular weight excluding hydrogens is 343 g/mol. The van der Waals surface area contributed by atoms with E-state index in [1.54, 1.807) is 13.4 Å². The van der Waals surface area contributed by atoms with E-state index < -0.39 is 6.04 Å². The van der Waals surface area contributed by atoms with Crippen LogP contribution in [0.2, 0.25) is 0 Å². The van der Waals surface area contributed by atoms with Gasteiger partial charge < -0.3 is 20.4 Å². The summed E-state index contributed by atoms with van der Waals surface area (Å²) in [5.74, 6) is -0.0917. The molecule has 0 spiro atoms. The Morgan fingerprint density at radius 2 is 2.30 bits per heavy atom. The first-order chi connectivity index (χ1) is 10.3. The first-order valence-electron chi connectivity index (χ1n) is 6.83. The van der Waals surface area contributed by atoms with E-state index in [1.165, 1.54) is 0 Å². The highest BCUT2D eigenvalue weighted by Gasteiger charge is 2.28. The fraction of sp³-hybridized carbons (Fsp3) is 0.462. The molecule has 4 N–H and O–H groups in total. The van der Waals surface area contributed by atoms with Crippen LogP contribution < -0.4 is 10.6 Å². The molecule has 0 saturated carbocycles. The van der Waals surface area contributed by atoms with E-state index in [2.05, 4.69) is 30.8 Å². The van der Waals surface area contributed by atoms with Crippen molar-refractivity contribution in [3.63, 3.8) is 0 Å². The van der Waals surface area contributed by atoms with Gasteiger partial charge in [-0.25, -0.2) is 4.98 Å². The second-order valence-electron chi connectivity index (χ2n) is 4.94. The quantitative estimate of drug-likeness (QED) is 0.623. The van der Waals surface area contributed by atoms with E-state index in [-0.39, 0.29) is 30.7 Å². The molecule has 2 aromatic heterocycles. The van der Waals surface area contributed by atoms with Crippen molar-refractivity contribution < 1.29 is 9.53 Å². The molecule has 23 heavy (non-hydrogen) atoms. The van der Waals surface area contributed by atoms with Gasteiger partial charge in [0.1, 0.15) is 6.04 Å². The van der Waals surface area contributed by atoms with Crippen LogP contribution in [0.1, 0.15) is 28.8 Å². The molecule has 1 aliphatic heterocycles. The number of imidazole rings is 1. The molecule has 1 aliphatic rings. The number of H-pyrrole nitrogens is 2. The van der Waals surface area contributed by atoms with Crippen LogP contribution in [0.3, 0.4) is 0 Å². The second-order valence-corrected chi connectivity index (χ2v) is 4.94.